The Labute approximate surface area is 119 Å². The second kappa shape index (κ2) is 5.20. The predicted octanol–water partition coefficient (Wildman–Crippen LogP) is 1.02. The number of fused-ring (bicyclic) bond motifs is 1. The molecule has 0 saturated carbocycles. The fraction of sp³-hybridized carbons (Fsp3) is 0.143. The van der Waals surface area contributed by atoms with Crippen LogP contribution in [-0.4, -0.2) is 26.5 Å². The minimum absolute atomic E-state index is 0.147. The Bertz CT molecular complexity index is 748. The summed E-state index contributed by atoms with van der Waals surface area (Å²) in [6.07, 6.45) is 6.98. The van der Waals surface area contributed by atoms with E-state index in [0.29, 0.717) is 12.2 Å². The van der Waals surface area contributed by atoms with E-state index in [4.69, 9.17) is 9.47 Å². The number of hydrogen-bond donors (Lipinski definition) is 0. The summed E-state index contributed by atoms with van der Waals surface area (Å²) in [5.41, 5.74) is 0.477. The lowest BCUT2D eigenvalue weighted by Gasteiger charge is -2.14. The van der Waals surface area contributed by atoms with E-state index in [1.165, 1.54) is 12.3 Å². The number of rotatable bonds is 2. The number of pyridine rings is 1. The highest BCUT2D eigenvalue weighted by molar-refractivity contribution is 5.95. The minimum Gasteiger partial charge on any atom is -0.419 e. The van der Waals surface area contributed by atoms with Gasteiger partial charge in [0.2, 0.25) is 0 Å². The first kappa shape index (κ1) is 13.0. The standard InChI is InChI=1S/C14H11N3O4/c1-9-15-6-7-17(9)8-10-14-11(4-5-16-10)20-12(18)2-3-13(19)21-14/h2-7H,8H2,1H3/b3-2+. The Morgan fingerprint density at radius 1 is 1.10 bits per heavy atom. The maximum atomic E-state index is 11.6. The molecular weight excluding hydrogens is 274 g/mol. The van der Waals surface area contributed by atoms with Crippen LogP contribution in [0.2, 0.25) is 0 Å². The fourth-order valence-corrected chi connectivity index (χ4v) is 1.92. The highest BCUT2D eigenvalue weighted by Gasteiger charge is 2.20. The van der Waals surface area contributed by atoms with Crippen molar-refractivity contribution in [2.24, 2.45) is 0 Å². The summed E-state index contributed by atoms with van der Waals surface area (Å²) < 4.78 is 12.2. The van der Waals surface area contributed by atoms with Crippen LogP contribution in [0.5, 0.6) is 11.5 Å². The lowest BCUT2D eigenvalue weighted by atomic mass is 10.3. The summed E-state index contributed by atoms with van der Waals surface area (Å²) in [6, 6.07) is 1.48. The first-order valence-corrected chi connectivity index (χ1v) is 6.21. The summed E-state index contributed by atoms with van der Waals surface area (Å²) in [7, 11) is 0. The fourth-order valence-electron chi connectivity index (χ4n) is 1.92. The molecule has 0 aliphatic carbocycles. The van der Waals surface area contributed by atoms with Crippen LogP contribution < -0.4 is 9.47 Å². The molecular formula is C14H11N3O4. The molecule has 0 bridgehead atoms. The minimum atomic E-state index is -0.649. The summed E-state index contributed by atoms with van der Waals surface area (Å²) in [6.45, 7) is 2.20. The van der Waals surface area contributed by atoms with Crippen LogP contribution >= 0.6 is 0 Å². The highest BCUT2D eigenvalue weighted by Crippen LogP contribution is 2.31. The van der Waals surface area contributed by atoms with Gasteiger partial charge < -0.3 is 14.0 Å². The molecule has 3 rings (SSSR count). The number of nitrogens with zero attached hydrogens (tertiary/aromatic N) is 3. The first-order valence-electron chi connectivity index (χ1n) is 6.21. The largest absolute Gasteiger partial charge is 0.419 e. The maximum Gasteiger partial charge on any atom is 0.336 e. The third-order valence-corrected chi connectivity index (χ3v) is 2.95. The average Bonchev–Trinajstić information content (AvgIpc) is 2.84. The molecule has 0 unspecified atom stereocenters. The van der Waals surface area contributed by atoms with E-state index < -0.39 is 11.9 Å². The monoisotopic (exact) mass is 285 g/mol. The summed E-state index contributed by atoms with van der Waals surface area (Å²) in [4.78, 5) is 31.4. The quantitative estimate of drug-likeness (QED) is 0.766. The van der Waals surface area contributed by atoms with E-state index in [9.17, 15) is 9.59 Å². The first-order chi connectivity index (χ1) is 10.1. The second-order valence-electron chi connectivity index (χ2n) is 4.36. The van der Waals surface area contributed by atoms with Crippen LogP contribution in [0.25, 0.3) is 0 Å². The number of esters is 2. The number of imidazole rings is 1. The molecule has 0 radical (unpaired) electrons. The molecule has 0 atom stereocenters. The second-order valence-corrected chi connectivity index (χ2v) is 4.36. The molecule has 0 aromatic carbocycles. The smallest absolute Gasteiger partial charge is 0.336 e. The van der Waals surface area contributed by atoms with Gasteiger partial charge in [0, 0.05) is 36.8 Å². The molecule has 2 aromatic rings. The molecule has 7 nitrogen and oxygen atoms in total. The number of aryl methyl sites for hydroxylation is 1. The van der Waals surface area contributed by atoms with E-state index in [-0.39, 0.29) is 11.5 Å². The molecule has 7 heteroatoms. The van der Waals surface area contributed by atoms with Crippen LogP contribution in [0.3, 0.4) is 0 Å². The zero-order chi connectivity index (χ0) is 14.8. The van der Waals surface area contributed by atoms with Gasteiger partial charge in [0.1, 0.15) is 11.5 Å². The van der Waals surface area contributed by atoms with Crippen molar-refractivity contribution >= 4 is 11.9 Å². The van der Waals surface area contributed by atoms with Gasteiger partial charge in [-0.2, -0.15) is 0 Å². The zero-order valence-corrected chi connectivity index (χ0v) is 11.1. The Balaban J connectivity index is 2.02. The maximum absolute atomic E-state index is 11.6. The Morgan fingerprint density at radius 3 is 2.57 bits per heavy atom. The van der Waals surface area contributed by atoms with Gasteiger partial charge in [-0.05, 0) is 6.92 Å². The van der Waals surface area contributed by atoms with Crippen LogP contribution in [0.1, 0.15) is 11.5 Å². The highest BCUT2D eigenvalue weighted by atomic mass is 16.6. The Morgan fingerprint density at radius 2 is 1.86 bits per heavy atom. The van der Waals surface area contributed by atoms with Crippen molar-refractivity contribution in [3.05, 3.63) is 48.3 Å². The summed E-state index contributed by atoms with van der Waals surface area (Å²) >= 11 is 0. The molecule has 1 aliphatic heterocycles. The third-order valence-electron chi connectivity index (χ3n) is 2.95. The van der Waals surface area contributed by atoms with Gasteiger partial charge in [-0.15, -0.1) is 0 Å². The van der Waals surface area contributed by atoms with E-state index >= 15 is 0 Å². The molecule has 106 valence electrons. The molecule has 0 N–H and O–H groups in total. The SMILES string of the molecule is Cc1nccn1Cc1nccc2c1OC(=O)/C=C/C(=O)O2. The predicted molar refractivity (Wildman–Crippen MR) is 70.7 cm³/mol. The Kier molecular flexibility index (Phi) is 3.23. The molecule has 1 aliphatic rings. The van der Waals surface area contributed by atoms with Crippen molar-refractivity contribution in [1.29, 1.82) is 0 Å². The van der Waals surface area contributed by atoms with Crippen LogP contribution in [0, 0.1) is 6.92 Å². The van der Waals surface area contributed by atoms with Crippen molar-refractivity contribution in [3.63, 3.8) is 0 Å². The number of hydrogen-bond acceptors (Lipinski definition) is 6. The van der Waals surface area contributed by atoms with Crippen molar-refractivity contribution in [1.82, 2.24) is 14.5 Å². The molecule has 0 amide bonds. The number of aromatic nitrogens is 3. The topological polar surface area (TPSA) is 83.3 Å². The van der Waals surface area contributed by atoms with Crippen LogP contribution in [0.4, 0.5) is 0 Å². The van der Waals surface area contributed by atoms with Crippen LogP contribution in [-0.2, 0) is 16.1 Å². The van der Waals surface area contributed by atoms with Gasteiger partial charge in [0.25, 0.3) is 0 Å². The van der Waals surface area contributed by atoms with Gasteiger partial charge in [-0.1, -0.05) is 0 Å². The van der Waals surface area contributed by atoms with Gasteiger partial charge in [-0.25, -0.2) is 14.6 Å². The van der Waals surface area contributed by atoms with Gasteiger partial charge in [-0.3, -0.25) is 4.98 Å². The Hall–Kier alpha value is -2.96. The normalized spacial score (nSPS) is 15.5. The molecule has 21 heavy (non-hydrogen) atoms. The molecule has 0 saturated heterocycles. The lowest BCUT2D eigenvalue weighted by Crippen LogP contribution is -2.16. The van der Waals surface area contributed by atoms with Gasteiger partial charge >= 0.3 is 11.9 Å². The van der Waals surface area contributed by atoms with Gasteiger partial charge in [0.05, 0.1) is 6.54 Å². The van der Waals surface area contributed by atoms with Crippen LogP contribution in [0.15, 0.2) is 36.8 Å². The number of carbonyl (C=O) groups excluding carboxylic acids is 2. The van der Waals surface area contributed by atoms with E-state index in [0.717, 1.165) is 18.0 Å². The number of ether oxygens (including phenoxy) is 2. The molecule has 2 aromatic heterocycles. The van der Waals surface area contributed by atoms with E-state index in [2.05, 4.69) is 9.97 Å². The third kappa shape index (κ3) is 2.66. The zero-order valence-electron chi connectivity index (χ0n) is 11.1. The summed E-state index contributed by atoms with van der Waals surface area (Å²) in [5, 5.41) is 0. The van der Waals surface area contributed by atoms with Crippen molar-refractivity contribution in [2.75, 3.05) is 0 Å². The van der Waals surface area contributed by atoms with E-state index in [1.807, 2.05) is 11.5 Å². The summed E-state index contributed by atoms with van der Waals surface area (Å²) in [5.74, 6) is -0.175. The van der Waals surface area contributed by atoms with Crippen molar-refractivity contribution in [2.45, 2.75) is 13.5 Å². The number of carbonyl (C=O) groups is 2. The molecule has 0 fully saturated rings. The van der Waals surface area contributed by atoms with Gasteiger partial charge in [0.15, 0.2) is 11.5 Å². The lowest BCUT2D eigenvalue weighted by molar-refractivity contribution is -0.133. The molecule has 3 heterocycles. The van der Waals surface area contributed by atoms with E-state index in [1.54, 1.807) is 12.4 Å². The van der Waals surface area contributed by atoms with Crippen molar-refractivity contribution in [3.8, 4) is 11.5 Å². The average molecular weight is 285 g/mol. The van der Waals surface area contributed by atoms with Crippen molar-refractivity contribution < 1.29 is 19.1 Å². The molecule has 0 spiro atoms.